The maximum Gasteiger partial charge on any atom is 0.257 e. The molecule has 2 aromatic heterocycles. The van der Waals surface area contributed by atoms with Crippen LogP contribution >= 0.6 is 0 Å². The van der Waals surface area contributed by atoms with E-state index in [1.807, 2.05) is 46.3 Å². The highest BCUT2D eigenvalue weighted by Crippen LogP contribution is 2.30. The van der Waals surface area contributed by atoms with Gasteiger partial charge in [-0.15, -0.1) is 0 Å². The van der Waals surface area contributed by atoms with Crippen molar-refractivity contribution in [2.24, 2.45) is 7.05 Å². The van der Waals surface area contributed by atoms with Crippen molar-refractivity contribution in [3.05, 3.63) is 69.9 Å². The second-order valence-corrected chi connectivity index (χ2v) is 8.32. The fraction of sp³-hybridized carbons (Fsp3) is 0.417. The number of carbonyl (C=O) groups is 1. The number of furan rings is 1. The summed E-state index contributed by atoms with van der Waals surface area (Å²) in [5, 5.41) is 4.38. The summed E-state index contributed by atoms with van der Waals surface area (Å²) in [7, 11) is 5.41. The number of hydrogen-bond donors (Lipinski definition) is 0. The first-order valence-electron chi connectivity index (χ1n) is 10.6. The summed E-state index contributed by atoms with van der Waals surface area (Å²) in [6, 6.07) is 8.14. The minimum Gasteiger partial charge on any atom is -0.497 e. The number of rotatable bonds is 6. The van der Waals surface area contributed by atoms with Gasteiger partial charge in [0, 0.05) is 64.0 Å². The summed E-state index contributed by atoms with van der Waals surface area (Å²) in [4.78, 5) is 17.5. The van der Waals surface area contributed by atoms with Crippen LogP contribution in [0.25, 0.3) is 0 Å². The van der Waals surface area contributed by atoms with E-state index in [-0.39, 0.29) is 5.91 Å². The standard InChI is InChI=1S/C24H30N4O3/c1-16-19(14-27(4)25-16)13-26(3)24(29)23-17(2)31-22-10-11-28(15-21(22)23)12-18-6-8-20(30-5)9-7-18/h6-9,14H,10-13,15H2,1-5H3. The lowest BCUT2D eigenvalue weighted by Crippen LogP contribution is -2.32. The molecule has 1 aliphatic heterocycles. The van der Waals surface area contributed by atoms with Crippen molar-refractivity contribution in [3.8, 4) is 5.75 Å². The smallest absolute Gasteiger partial charge is 0.257 e. The van der Waals surface area contributed by atoms with Crippen LogP contribution in [0.15, 0.2) is 34.9 Å². The lowest BCUT2D eigenvalue weighted by Gasteiger charge is -2.27. The van der Waals surface area contributed by atoms with Gasteiger partial charge >= 0.3 is 0 Å². The highest BCUT2D eigenvalue weighted by atomic mass is 16.5. The molecule has 0 aliphatic carbocycles. The number of ether oxygens (including phenoxy) is 1. The quantitative estimate of drug-likeness (QED) is 0.609. The number of amides is 1. The fourth-order valence-corrected chi connectivity index (χ4v) is 4.31. The van der Waals surface area contributed by atoms with Crippen LogP contribution < -0.4 is 4.74 Å². The molecule has 0 radical (unpaired) electrons. The highest BCUT2D eigenvalue weighted by molar-refractivity contribution is 5.96. The zero-order chi connectivity index (χ0) is 22.1. The van der Waals surface area contributed by atoms with E-state index >= 15 is 0 Å². The Morgan fingerprint density at radius 2 is 2.00 bits per heavy atom. The molecule has 0 unspecified atom stereocenters. The molecular formula is C24H30N4O3. The number of aryl methyl sites for hydroxylation is 3. The first kappa shape index (κ1) is 21.2. The molecule has 0 N–H and O–H groups in total. The van der Waals surface area contributed by atoms with Gasteiger partial charge in [0.05, 0.1) is 18.4 Å². The summed E-state index contributed by atoms with van der Waals surface area (Å²) in [5.74, 6) is 2.50. The lowest BCUT2D eigenvalue weighted by molar-refractivity contribution is 0.0781. The van der Waals surface area contributed by atoms with Gasteiger partial charge in [0.2, 0.25) is 0 Å². The van der Waals surface area contributed by atoms with Crippen LogP contribution in [0.4, 0.5) is 0 Å². The monoisotopic (exact) mass is 422 g/mol. The van der Waals surface area contributed by atoms with Gasteiger partial charge in [-0.3, -0.25) is 14.4 Å². The summed E-state index contributed by atoms with van der Waals surface area (Å²) in [6.07, 6.45) is 2.78. The van der Waals surface area contributed by atoms with Crippen LogP contribution in [0.2, 0.25) is 0 Å². The Bertz CT molecular complexity index is 1080. The molecule has 1 amide bonds. The molecule has 31 heavy (non-hydrogen) atoms. The largest absolute Gasteiger partial charge is 0.497 e. The molecule has 164 valence electrons. The minimum atomic E-state index is -0.00273. The minimum absolute atomic E-state index is 0.00273. The number of benzene rings is 1. The van der Waals surface area contributed by atoms with Gasteiger partial charge in [-0.05, 0) is 31.5 Å². The predicted octanol–water partition coefficient (Wildman–Crippen LogP) is 3.47. The van der Waals surface area contributed by atoms with Gasteiger partial charge in [-0.1, -0.05) is 12.1 Å². The molecule has 7 nitrogen and oxygen atoms in total. The van der Waals surface area contributed by atoms with E-state index in [1.165, 1.54) is 5.56 Å². The van der Waals surface area contributed by atoms with E-state index in [0.717, 1.165) is 47.8 Å². The molecule has 0 spiro atoms. The predicted molar refractivity (Wildman–Crippen MR) is 118 cm³/mol. The van der Waals surface area contributed by atoms with Gasteiger partial charge in [-0.2, -0.15) is 5.10 Å². The summed E-state index contributed by atoms with van der Waals surface area (Å²) in [6.45, 7) is 6.82. The average molecular weight is 423 g/mol. The van der Waals surface area contributed by atoms with E-state index in [1.54, 1.807) is 16.7 Å². The van der Waals surface area contributed by atoms with Crippen LogP contribution in [0.3, 0.4) is 0 Å². The second-order valence-electron chi connectivity index (χ2n) is 8.32. The van der Waals surface area contributed by atoms with Gasteiger partial charge < -0.3 is 14.1 Å². The normalized spacial score (nSPS) is 13.8. The van der Waals surface area contributed by atoms with Crippen LogP contribution in [0.1, 0.15) is 44.3 Å². The topological polar surface area (TPSA) is 63.7 Å². The van der Waals surface area contributed by atoms with Gasteiger partial charge in [0.1, 0.15) is 17.3 Å². The molecule has 4 rings (SSSR count). The third-order valence-electron chi connectivity index (χ3n) is 5.95. The third kappa shape index (κ3) is 4.37. The number of nitrogens with zero attached hydrogens (tertiary/aromatic N) is 4. The highest BCUT2D eigenvalue weighted by Gasteiger charge is 2.30. The number of hydrogen-bond acceptors (Lipinski definition) is 5. The Kier molecular flexibility index (Phi) is 5.87. The molecular weight excluding hydrogens is 392 g/mol. The molecule has 0 saturated heterocycles. The molecule has 0 fully saturated rings. The summed E-state index contributed by atoms with van der Waals surface area (Å²) in [5.41, 5.74) is 4.95. The van der Waals surface area contributed by atoms with Crippen molar-refractivity contribution < 1.29 is 13.9 Å². The summed E-state index contributed by atoms with van der Waals surface area (Å²) < 4.78 is 13.0. The SMILES string of the molecule is COc1ccc(CN2CCc3oc(C)c(C(=O)N(C)Cc4cn(C)nc4C)c3C2)cc1. The van der Waals surface area contributed by atoms with Crippen molar-refractivity contribution in [3.63, 3.8) is 0 Å². The van der Waals surface area contributed by atoms with Crippen molar-refractivity contribution in [1.29, 1.82) is 0 Å². The molecule has 3 heterocycles. The maximum atomic E-state index is 13.4. The zero-order valence-corrected chi connectivity index (χ0v) is 18.9. The fourth-order valence-electron chi connectivity index (χ4n) is 4.31. The Hall–Kier alpha value is -3.06. The maximum absolute atomic E-state index is 13.4. The number of aromatic nitrogens is 2. The first-order chi connectivity index (χ1) is 14.9. The molecule has 1 aromatic carbocycles. The Morgan fingerprint density at radius 3 is 2.65 bits per heavy atom. The Labute approximate surface area is 183 Å². The molecule has 0 bridgehead atoms. The molecule has 0 saturated carbocycles. The van der Waals surface area contributed by atoms with Crippen LogP contribution in [0, 0.1) is 13.8 Å². The van der Waals surface area contributed by atoms with Crippen molar-refractivity contribution in [2.45, 2.75) is 39.9 Å². The van der Waals surface area contributed by atoms with E-state index < -0.39 is 0 Å². The van der Waals surface area contributed by atoms with E-state index in [0.29, 0.717) is 24.4 Å². The number of methoxy groups -OCH3 is 1. The van der Waals surface area contributed by atoms with Crippen LogP contribution in [-0.4, -0.2) is 46.2 Å². The van der Waals surface area contributed by atoms with Gasteiger partial charge in [0.25, 0.3) is 5.91 Å². The van der Waals surface area contributed by atoms with Gasteiger partial charge in [0.15, 0.2) is 0 Å². The molecule has 7 heteroatoms. The summed E-state index contributed by atoms with van der Waals surface area (Å²) >= 11 is 0. The third-order valence-corrected chi connectivity index (χ3v) is 5.95. The van der Waals surface area contributed by atoms with Crippen LogP contribution in [0.5, 0.6) is 5.75 Å². The molecule has 3 aromatic rings. The van der Waals surface area contributed by atoms with E-state index in [9.17, 15) is 4.79 Å². The molecule has 0 atom stereocenters. The van der Waals surface area contributed by atoms with E-state index in [4.69, 9.17) is 9.15 Å². The van der Waals surface area contributed by atoms with Crippen molar-refractivity contribution >= 4 is 5.91 Å². The van der Waals surface area contributed by atoms with E-state index in [2.05, 4.69) is 22.1 Å². The van der Waals surface area contributed by atoms with Crippen LogP contribution in [-0.2, 0) is 33.1 Å². The van der Waals surface area contributed by atoms with Crippen molar-refractivity contribution in [1.82, 2.24) is 19.6 Å². The number of carbonyl (C=O) groups excluding carboxylic acids is 1. The van der Waals surface area contributed by atoms with Crippen molar-refractivity contribution in [2.75, 3.05) is 20.7 Å². The Balaban J connectivity index is 1.51. The zero-order valence-electron chi connectivity index (χ0n) is 18.9. The first-order valence-corrected chi connectivity index (χ1v) is 10.6. The second kappa shape index (κ2) is 8.59. The number of fused-ring (bicyclic) bond motifs is 1. The lowest BCUT2D eigenvalue weighted by atomic mass is 10.0. The Morgan fingerprint density at radius 1 is 1.26 bits per heavy atom. The average Bonchev–Trinajstić information content (AvgIpc) is 3.24. The molecule has 1 aliphatic rings. The van der Waals surface area contributed by atoms with Gasteiger partial charge in [-0.25, -0.2) is 0 Å².